The molecule has 0 aliphatic carbocycles. The van der Waals surface area contributed by atoms with Crippen molar-refractivity contribution in [1.29, 1.82) is 0 Å². The average molecular weight is 281 g/mol. The lowest BCUT2D eigenvalue weighted by Crippen LogP contribution is -2.30. The first kappa shape index (κ1) is 11.4. The van der Waals surface area contributed by atoms with Crippen molar-refractivity contribution in [3.05, 3.63) is 22.7 Å². The number of halogens is 1. The van der Waals surface area contributed by atoms with Gasteiger partial charge in [0.15, 0.2) is 0 Å². The molecule has 0 unspecified atom stereocenters. The van der Waals surface area contributed by atoms with Gasteiger partial charge in [0.1, 0.15) is 10.6 Å². The van der Waals surface area contributed by atoms with Crippen molar-refractivity contribution < 1.29 is 13.2 Å². The lowest BCUT2D eigenvalue weighted by atomic mass is 10.3. The minimum atomic E-state index is -3.69. The largest absolute Gasteiger partial charge is 0.495 e. The summed E-state index contributed by atoms with van der Waals surface area (Å²) in [6.45, 7) is 0. The van der Waals surface area contributed by atoms with Gasteiger partial charge in [0, 0.05) is 4.47 Å². The molecule has 1 aromatic carbocycles. The molecule has 0 amide bonds. The Labute approximate surface area is 90.4 Å². The van der Waals surface area contributed by atoms with Crippen LogP contribution in [0.15, 0.2) is 27.6 Å². The fraction of sp³-hybridized carbons (Fsp3) is 0.143. The summed E-state index contributed by atoms with van der Waals surface area (Å²) in [7, 11) is -2.30. The summed E-state index contributed by atoms with van der Waals surface area (Å²) in [5.74, 6) is 5.14. The zero-order valence-electron chi connectivity index (χ0n) is 7.32. The fourth-order valence-corrected chi connectivity index (χ4v) is 2.26. The minimum Gasteiger partial charge on any atom is -0.495 e. The summed E-state index contributed by atoms with van der Waals surface area (Å²) in [5, 5.41) is 0. The standard InChI is InChI=1S/C7H9BrN2O3S/c1-13-6-3-2-5(8)4-7(6)14(11,12)10-9/h2-4,10H,9H2,1H3. The zero-order chi connectivity index (χ0) is 10.8. The second-order valence-electron chi connectivity index (χ2n) is 2.42. The Hall–Kier alpha value is -0.630. The van der Waals surface area contributed by atoms with Crippen molar-refractivity contribution >= 4 is 26.0 Å². The number of benzene rings is 1. The van der Waals surface area contributed by atoms with Crippen LogP contribution in [-0.2, 0) is 10.0 Å². The molecule has 0 saturated carbocycles. The number of rotatable bonds is 3. The van der Waals surface area contributed by atoms with E-state index in [1.54, 1.807) is 10.9 Å². The Kier molecular flexibility index (Phi) is 3.48. The molecule has 0 aliphatic rings. The van der Waals surface area contributed by atoms with Gasteiger partial charge in [-0.3, -0.25) is 5.84 Å². The van der Waals surface area contributed by atoms with E-state index in [9.17, 15) is 8.42 Å². The van der Waals surface area contributed by atoms with Crippen molar-refractivity contribution in [1.82, 2.24) is 4.83 Å². The van der Waals surface area contributed by atoms with Crippen molar-refractivity contribution in [2.75, 3.05) is 7.11 Å². The highest BCUT2D eigenvalue weighted by molar-refractivity contribution is 9.10. The van der Waals surface area contributed by atoms with Gasteiger partial charge in [-0.25, -0.2) is 8.42 Å². The highest BCUT2D eigenvalue weighted by Gasteiger charge is 2.17. The van der Waals surface area contributed by atoms with E-state index in [0.717, 1.165) is 0 Å². The Balaban J connectivity index is 3.39. The summed E-state index contributed by atoms with van der Waals surface area (Å²) in [5.41, 5.74) is 0. The van der Waals surface area contributed by atoms with Crippen LogP contribution in [0.5, 0.6) is 5.75 Å². The van der Waals surface area contributed by atoms with E-state index < -0.39 is 10.0 Å². The molecule has 1 aromatic rings. The van der Waals surface area contributed by atoms with E-state index in [1.807, 2.05) is 0 Å². The molecular weight excluding hydrogens is 272 g/mol. The molecule has 14 heavy (non-hydrogen) atoms. The van der Waals surface area contributed by atoms with Crippen molar-refractivity contribution in [2.24, 2.45) is 5.84 Å². The minimum absolute atomic E-state index is 0.00289. The van der Waals surface area contributed by atoms with Crippen LogP contribution in [-0.4, -0.2) is 15.5 Å². The predicted octanol–water partition coefficient (Wildman–Crippen LogP) is 0.610. The summed E-state index contributed by atoms with van der Waals surface area (Å²) >= 11 is 3.16. The Morgan fingerprint density at radius 3 is 2.64 bits per heavy atom. The normalized spacial score (nSPS) is 11.4. The second-order valence-corrected chi connectivity index (χ2v) is 5.01. The first-order valence-corrected chi connectivity index (χ1v) is 5.85. The highest BCUT2D eigenvalue weighted by Crippen LogP contribution is 2.26. The Morgan fingerprint density at radius 1 is 1.50 bits per heavy atom. The SMILES string of the molecule is COc1ccc(Br)cc1S(=O)(=O)NN. The summed E-state index contributed by atoms with van der Waals surface area (Å²) in [6, 6.07) is 4.62. The Morgan fingerprint density at radius 2 is 2.14 bits per heavy atom. The molecule has 0 saturated heterocycles. The van der Waals surface area contributed by atoms with E-state index in [0.29, 0.717) is 4.47 Å². The van der Waals surface area contributed by atoms with Crippen molar-refractivity contribution in [3.8, 4) is 5.75 Å². The van der Waals surface area contributed by atoms with Crippen molar-refractivity contribution in [2.45, 2.75) is 4.90 Å². The lowest BCUT2D eigenvalue weighted by Gasteiger charge is -2.08. The van der Waals surface area contributed by atoms with E-state index in [2.05, 4.69) is 15.9 Å². The number of nitrogens with two attached hydrogens (primary N) is 1. The lowest BCUT2D eigenvalue weighted by molar-refractivity contribution is 0.402. The van der Waals surface area contributed by atoms with E-state index >= 15 is 0 Å². The third-order valence-electron chi connectivity index (χ3n) is 1.57. The van der Waals surface area contributed by atoms with Gasteiger partial charge in [-0.05, 0) is 18.2 Å². The van der Waals surface area contributed by atoms with E-state index in [-0.39, 0.29) is 10.6 Å². The summed E-state index contributed by atoms with van der Waals surface area (Å²) in [6.07, 6.45) is 0. The van der Waals surface area contributed by atoms with E-state index in [4.69, 9.17) is 10.6 Å². The fourth-order valence-electron chi connectivity index (χ4n) is 0.924. The number of ether oxygens (including phenoxy) is 1. The van der Waals surface area contributed by atoms with Gasteiger partial charge in [0.2, 0.25) is 0 Å². The molecule has 0 spiro atoms. The van der Waals surface area contributed by atoms with Gasteiger partial charge in [0.05, 0.1) is 7.11 Å². The first-order chi connectivity index (χ1) is 6.51. The molecule has 0 aromatic heterocycles. The van der Waals surface area contributed by atoms with Gasteiger partial charge < -0.3 is 4.74 Å². The molecule has 5 nitrogen and oxygen atoms in total. The molecule has 7 heteroatoms. The number of methoxy groups -OCH3 is 1. The van der Waals surface area contributed by atoms with Gasteiger partial charge in [-0.1, -0.05) is 15.9 Å². The van der Waals surface area contributed by atoms with Gasteiger partial charge >= 0.3 is 0 Å². The number of sulfonamides is 1. The third-order valence-corrected chi connectivity index (χ3v) is 3.27. The maximum Gasteiger partial charge on any atom is 0.256 e. The maximum atomic E-state index is 11.4. The zero-order valence-corrected chi connectivity index (χ0v) is 9.72. The monoisotopic (exact) mass is 280 g/mol. The molecule has 0 radical (unpaired) electrons. The van der Waals surface area contributed by atoms with E-state index in [1.165, 1.54) is 19.2 Å². The molecule has 3 N–H and O–H groups in total. The van der Waals surface area contributed by atoms with Crippen LogP contribution >= 0.6 is 15.9 Å². The average Bonchev–Trinajstić information content (AvgIpc) is 2.18. The highest BCUT2D eigenvalue weighted by atomic mass is 79.9. The topological polar surface area (TPSA) is 81.4 Å². The predicted molar refractivity (Wildman–Crippen MR) is 55.2 cm³/mol. The van der Waals surface area contributed by atoms with Gasteiger partial charge in [-0.15, -0.1) is 4.83 Å². The van der Waals surface area contributed by atoms with Crippen LogP contribution in [0, 0.1) is 0 Å². The molecule has 1 rings (SSSR count). The smallest absolute Gasteiger partial charge is 0.256 e. The van der Waals surface area contributed by atoms with Gasteiger partial charge in [0.25, 0.3) is 10.0 Å². The third kappa shape index (κ3) is 2.24. The molecular formula is C7H9BrN2O3S. The van der Waals surface area contributed by atoms with Crippen molar-refractivity contribution in [3.63, 3.8) is 0 Å². The van der Waals surface area contributed by atoms with Crippen LogP contribution < -0.4 is 15.4 Å². The quantitative estimate of drug-likeness (QED) is 0.628. The maximum absolute atomic E-state index is 11.4. The van der Waals surface area contributed by atoms with Crippen LogP contribution in [0.1, 0.15) is 0 Å². The van der Waals surface area contributed by atoms with Crippen LogP contribution in [0.2, 0.25) is 0 Å². The Bertz CT molecular complexity index is 433. The van der Waals surface area contributed by atoms with Crippen LogP contribution in [0.3, 0.4) is 0 Å². The summed E-state index contributed by atoms with van der Waals surface area (Å²) < 4.78 is 28.3. The summed E-state index contributed by atoms with van der Waals surface area (Å²) in [4.78, 5) is 1.73. The molecule has 0 aliphatic heterocycles. The number of hydrogen-bond acceptors (Lipinski definition) is 4. The van der Waals surface area contributed by atoms with Crippen LogP contribution in [0.4, 0.5) is 0 Å². The number of nitrogens with one attached hydrogen (secondary N) is 1. The van der Waals surface area contributed by atoms with Gasteiger partial charge in [-0.2, -0.15) is 0 Å². The molecule has 0 bridgehead atoms. The van der Waals surface area contributed by atoms with Crippen LogP contribution in [0.25, 0.3) is 0 Å². The molecule has 78 valence electrons. The number of hydrazine groups is 1. The number of hydrogen-bond donors (Lipinski definition) is 2. The molecule has 0 heterocycles. The first-order valence-electron chi connectivity index (χ1n) is 3.57. The molecule has 0 fully saturated rings. The molecule has 0 atom stereocenters. The second kappa shape index (κ2) is 4.26.